The fourth-order valence-corrected chi connectivity index (χ4v) is 4.83. The first-order valence-electron chi connectivity index (χ1n) is 10.3. The molecule has 5 rings (SSSR count). The second-order valence-electron chi connectivity index (χ2n) is 7.88. The second-order valence-corrected chi connectivity index (χ2v) is 9.62. The van der Waals surface area contributed by atoms with Crippen LogP contribution in [0.4, 0.5) is 6.01 Å². The van der Waals surface area contributed by atoms with Crippen LogP contribution in [0.1, 0.15) is 11.1 Å². The quantitative estimate of drug-likeness (QED) is 0.361. The van der Waals surface area contributed by atoms with Crippen molar-refractivity contribution in [3.8, 4) is 5.69 Å². The first kappa shape index (κ1) is 21.0. The van der Waals surface area contributed by atoms with E-state index in [1.54, 1.807) is 17.2 Å². The van der Waals surface area contributed by atoms with Gasteiger partial charge in [-0.2, -0.15) is 20.0 Å². The Balaban J connectivity index is 1.40. The molecule has 1 atom stereocenters. The zero-order chi connectivity index (χ0) is 22.2. The molecule has 32 heavy (non-hydrogen) atoms. The molecule has 1 unspecified atom stereocenters. The van der Waals surface area contributed by atoms with E-state index < -0.39 is 0 Å². The van der Waals surface area contributed by atoms with Crippen LogP contribution in [0.15, 0.2) is 59.8 Å². The zero-order valence-electron chi connectivity index (χ0n) is 17.6. The van der Waals surface area contributed by atoms with Gasteiger partial charge in [-0.3, -0.25) is 0 Å². The summed E-state index contributed by atoms with van der Waals surface area (Å²) in [7, 11) is 0. The first-order chi connectivity index (χ1) is 15.5. The number of rotatable bonds is 4. The van der Waals surface area contributed by atoms with Crippen LogP contribution in [0, 0.1) is 6.92 Å². The lowest BCUT2D eigenvalue weighted by molar-refractivity contribution is 0.430. The van der Waals surface area contributed by atoms with Gasteiger partial charge in [-0.15, -0.1) is 0 Å². The molecule has 2 aromatic carbocycles. The molecule has 0 aliphatic carbocycles. The van der Waals surface area contributed by atoms with E-state index in [4.69, 9.17) is 16.0 Å². The van der Waals surface area contributed by atoms with Crippen molar-refractivity contribution in [2.45, 2.75) is 11.8 Å². The lowest BCUT2D eigenvalue weighted by Gasteiger charge is -2.27. The Labute approximate surface area is 199 Å². The highest BCUT2D eigenvalue weighted by Gasteiger charge is 2.26. The monoisotopic (exact) mass is 512 g/mol. The number of aromatic nitrogens is 4. The fourth-order valence-electron chi connectivity index (χ4n) is 3.97. The average molecular weight is 514 g/mol. The van der Waals surface area contributed by atoms with Crippen molar-refractivity contribution in [3.63, 3.8) is 0 Å². The van der Waals surface area contributed by atoms with Crippen molar-refractivity contribution < 1.29 is 4.42 Å². The van der Waals surface area contributed by atoms with E-state index in [2.05, 4.69) is 66.5 Å². The number of hydrogen-bond acceptors (Lipinski definition) is 6. The van der Waals surface area contributed by atoms with Gasteiger partial charge in [-0.1, -0.05) is 45.7 Å². The normalized spacial score (nSPS) is 17.0. The number of hydrogen-bond donors (Lipinski definition) is 0. The van der Waals surface area contributed by atoms with Crippen molar-refractivity contribution in [2.75, 3.05) is 31.1 Å². The lowest BCUT2D eigenvalue weighted by Crippen LogP contribution is -2.30. The van der Waals surface area contributed by atoms with E-state index in [9.17, 15) is 0 Å². The number of oxazole rings is 1. The molecule has 1 saturated heterocycles. The van der Waals surface area contributed by atoms with E-state index in [0.717, 1.165) is 59.8 Å². The predicted octanol–water partition coefficient (Wildman–Crippen LogP) is 4.93. The van der Waals surface area contributed by atoms with Crippen LogP contribution in [0.25, 0.3) is 22.5 Å². The van der Waals surface area contributed by atoms with Gasteiger partial charge in [0.05, 0.1) is 18.1 Å². The molecule has 0 amide bonds. The highest BCUT2D eigenvalue weighted by atomic mass is 79.9. The standard InChI is InChI=1S/C23H22BrClN6O/c1-15-3-5-21(31-26-7-8-27-31)19(11-15)16(2)29-9-10-30(14-17(24)13-29)23-28-20-12-18(25)4-6-22(20)32-23/h3-8,11-12,17H,2,9-10,13-14H2,1H3. The third-order valence-corrected chi connectivity index (χ3v) is 6.38. The van der Waals surface area contributed by atoms with Crippen LogP contribution >= 0.6 is 27.5 Å². The van der Waals surface area contributed by atoms with E-state index in [0.29, 0.717) is 11.0 Å². The largest absolute Gasteiger partial charge is 0.423 e. The van der Waals surface area contributed by atoms with E-state index in [1.165, 1.54) is 0 Å². The molecule has 3 heterocycles. The molecule has 1 aliphatic rings. The maximum atomic E-state index is 6.11. The molecular weight excluding hydrogens is 492 g/mol. The summed E-state index contributed by atoms with van der Waals surface area (Å²) in [4.78, 5) is 10.9. The van der Waals surface area contributed by atoms with Gasteiger partial charge in [0.2, 0.25) is 0 Å². The molecule has 164 valence electrons. The molecule has 0 N–H and O–H groups in total. The van der Waals surface area contributed by atoms with Gasteiger partial charge in [-0.25, -0.2) is 0 Å². The summed E-state index contributed by atoms with van der Waals surface area (Å²) in [5.41, 5.74) is 5.53. The summed E-state index contributed by atoms with van der Waals surface area (Å²) < 4.78 is 6.01. The molecule has 1 aliphatic heterocycles. The van der Waals surface area contributed by atoms with Gasteiger partial charge in [-0.05, 0) is 37.3 Å². The number of aryl methyl sites for hydroxylation is 1. The maximum Gasteiger partial charge on any atom is 0.298 e. The molecule has 1 fully saturated rings. The second kappa shape index (κ2) is 8.60. The number of fused-ring (bicyclic) bond motifs is 1. The van der Waals surface area contributed by atoms with Gasteiger partial charge in [0.15, 0.2) is 5.58 Å². The molecule has 0 saturated carbocycles. The highest BCUT2D eigenvalue weighted by Crippen LogP contribution is 2.29. The average Bonchev–Trinajstić information content (AvgIpc) is 3.40. The number of nitrogens with zero attached hydrogens (tertiary/aromatic N) is 6. The van der Waals surface area contributed by atoms with Crippen LogP contribution in [-0.2, 0) is 0 Å². The molecule has 4 aromatic rings. The van der Waals surface area contributed by atoms with E-state index in [1.807, 2.05) is 24.3 Å². The molecule has 7 nitrogen and oxygen atoms in total. The fraction of sp³-hybridized carbons (Fsp3) is 0.261. The Morgan fingerprint density at radius 1 is 1.12 bits per heavy atom. The molecule has 0 spiro atoms. The number of anilines is 1. The third kappa shape index (κ3) is 4.12. The minimum Gasteiger partial charge on any atom is -0.423 e. The first-order valence-corrected chi connectivity index (χ1v) is 11.6. The molecule has 0 bridgehead atoms. The molecule has 2 aromatic heterocycles. The third-order valence-electron chi connectivity index (χ3n) is 5.56. The molecule has 9 heteroatoms. The summed E-state index contributed by atoms with van der Waals surface area (Å²) in [5, 5.41) is 9.28. The van der Waals surface area contributed by atoms with Crippen molar-refractivity contribution >= 4 is 50.3 Å². The van der Waals surface area contributed by atoms with Crippen molar-refractivity contribution in [1.82, 2.24) is 24.9 Å². The van der Waals surface area contributed by atoms with E-state index in [-0.39, 0.29) is 4.83 Å². The minimum absolute atomic E-state index is 0.205. The van der Waals surface area contributed by atoms with Crippen molar-refractivity contribution in [3.05, 3.63) is 71.5 Å². The number of halogens is 2. The van der Waals surface area contributed by atoms with Crippen LogP contribution in [0.5, 0.6) is 0 Å². The number of alkyl halides is 1. The minimum atomic E-state index is 0.205. The predicted molar refractivity (Wildman–Crippen MR) is 131 cm³/mol. The summed E-state index contributed by atoms with van der Waals surface area (Å²) in [6.07, 6.45) is 3.36. The molecule has 0 radical (unpaired) electrons. The highest BCUT2D eigenvalue weighted by molar-refractivity contribution is 9.09. The number of benzene rings is 2. The summed E-state index contributed by atoms with van der Waals surface area (Å²) in [6, 6.07) is 12.3. The van der Waals surface area contributed by atoms with Crippen LogP contribution in [0.2, 0.25) is 5.02 Å². The summed E-state index contributed by atoms with van der Waals surface area (Å²) in [5.74, 6) is 0. The maximum absolute atomic E-state index is 6.11. The molecular formula is C23H22BrClN6O. The van der Waals surface area contributed by atoms with Crippen molar-refractivity contribution in [2.24, 2.45) is 0 Å². The van der Waals surface area contributed by atoms with Crippen LogP contribution < -0.4 is 4.90 Å². The van der Waals surface area contributed by atoms with E-state index >= 15 is 0 Å². The van der Waals surface area contributed by atoms with Gasteiger partial charge < -0.3 is 14.2 Å². The van der Waals surface area contributed by atoms with Gasteiger partial charge in [0, 0.05) is 47.3 Å². The Kier molecular flexibility index (Phi) is 5.65. The Morgan fingerprint density at radius 2 is 1.94 bits per heavy atom. The van der Waals surface area contributed by atoms with Gasteiger partial charge in [0.1, 0.15) is 5.52 Å². The van der Waals surface area contributed by atoms with Crippen molar-refractivity contribution in [1.29, 1.82) is 0 Å². The zero-order valence-corrected chi connectivity index (χ0v) is 19.9. The Morgan fingerprint density at radius 3 is 2.75 bits per heavy atom. The Bertz CT molecular complexity index is 1270. The smallest absolute Gasteiger partial charge is 0.298 e. The van der Waals surface area contributed by atoms with Crippen LogP contribution in [-0.4, -0.2) is 55.9 Å². The van der Waals surface area contributed by atoms with Gasteiger partial charge >= 0.3 is 0 Å². The Hall–Kier alpha value is -2.84. The lowest BCUT2D eigenvalue weighted by atomic mass is 10.1. The van der Waals surface area contributed by atoms with Gasteiger partial charge in [0.25, 0.3) is 6.01 Å². The topological polar surface area (TPSA) is 63.2 Å². The SMILES string of the molecule is C=C(c1cc(C)ccc1-n1nccn1)N1CCN(c2nc3cc(Cl)ccc3o2)CC(Br)C1. The van der Waals surface area contributed by atoms with Crippen LogP contribution in [0.3, 0.4) is 0 Å². The summed E-state index contributed by atoms with van der Waals surface area (Å²) >= 11 is 9.95. The summed E-state index contributed by atoms with van der Waals surface area (Å²) in [6.45, 7) is 9.63.